The van der Waals surface area contributed by atoms with Gasteiger partial charge in [0.05, 0.1) is 0 Å². The molecule has 2 fully saturated rings. The number of rotatable bonds is 6. The second-order valence-electron chi connectivity index (χ2n) is 8.83. The quantitative estimate of drug-likeness (QED) is 0.612. The second-order valence-corrected chi connectivity index (χ2v) is 8.83. The van der Waals surface area contributed by atoms with E-state index >= 15 is 0 Å². The predicted octanol–water partition coefficient (Wildman–Crippen LogP) is 2.27. The van der Waals surface area contributed by atoms with Crippen LogP contribution in [0.5, 0.6) is 0 Å². The van der Waals surface area contributed by atoms with Crippen LogP contribution in [0.25, 0.3) is 10.9 Å². The number of aromatic amines is 1. The molecule has 3 heterocycles. The van der Waals surface area contributed by atoms with Gasteiger partial charge in [0.2, 0.25) is 17.7 Å². The molecule has 2 atom stereocenters. The number of aromatic nitrogens is 1. The van der Waals surface area contributed by atoms with E-state index in [9.17, 15) is 14.4 Å². The summed E-state index contributed by atoms with van der Waals surface area (Å²) in [6.45, 7) is 1.59. The van der Waals surface area contributed by atoms with Gasteiger partial charge in [0, 0.05) is 49.6 Å². The summed E-state index contributed by atoms with van der Waals surface area (Å²) >= 11 is 0. The van der Waals surface area contributed by atoms with Crippen LogP contribution >= 0.6 is 0 Å². The lowest BCUT2D eigenvalue weighted by Crippen LogP contribution is -2.62. The lowest BCUT2D eigenvalue weighted by Gasteiger charge is -2.41. The van der Waals surface area contributed by atoms with Gasteiger partial charge in [-0.15, -0.1) is 0 Å². The summed E-state index contributed by atoms with van der Waals surface area (Å²) in [4.78, 5) is 45.5. The van der Waals surface area contributed by atoms with Gasteiger partial charge >= 0.3 is 0 Å². The fraction of sp³-hybridized carbons (Fsp3) is 0.346. The Morgan fingerprint density at radius 3 is 2.58 bits per heavy atom. The predicted molar refractivity (Wildman–Crippen MR) is 125 cm³/mol. The van der Waals surface area contributed by atoms with E-state index in [1.54, 1.807) is 4.90 Å². The first kappa shape index (κ1) is 21.2. The molecule has 7 heteroatoms. The number of nitrogens with one attached hydrogen (secondary N) is 2. The van der Waals surface area contributed by atoms with Crippen molar-refractivity contribution in [2.24, 2.45) is 0 Å². The second kappa shape index (κ2) is 9.10. The largest absolute Gasteiger partial charge is 0.361 e. The average Bonchev–Trinajstić information content (AvgIpc) is 3.46. The maximum atomic E-state index is 13.6. The van der Waals surface area contributed by atoms with Crippen LogP contribution in [0, 0.1) is 0 Å². The van der Waals surface area contributed by atoms with Gasteiger partial charge in [0.1, 0.15) is 12.1 Å². The molecular formula is C26H28N4O3. The van der Waals surface area contributed by atoms with Crippen LogP contribution in [0.15, 0.2) is 60.8 Å². The molecule has 0 saturated carbocycles. The summed E-state index contributed by atoms with van der Waals surface area (Å²) in [6.07, 6.45) is 3.99. The van der Waals surface area contributed by atoms with Crippen molar-refractivity contribution >= 4 is 28.6 Å². The van der Waals surface area contributed by atoms with Gasteiger partial charge < -0.3 is 20.1 Å². The van der Waals surface area contributed by atoms with Crippen LogP contribution in [0.3, 0.4) is 0 Å². The van der Waals surface area contributed by atoms with Crippen molar-refractivity contribution in [2.75, 3.05) is 19.6 Å². The Kier molecular flexibility index (Phi) is 5.86. The van der Waals surface area contributed by atoms with E-state index in [-0.39, 0.29) is 17.7 Å². The number of fused-ring (bicyclic) bond motifs is 1. The third kappa shape index (κ3) is 4.35. The highest BCUT2D eigenvalue weighted by Crippen LogP contribution is 2.24. The molecule has 3 aromatic rings. The molecule has 2 aliphatic heterocycles. The van der Waals surface area contributed by atoms with E-state index in [2.05, 4.69) is 22.4 Å². The first-order valence-electron chi connectivity index (χ1n) is 11.6. The van der Waals surface area contributed by atoms with Gasteiger partial charge in [-0.1, -0.05) is 48.5 Å². The van der Waals surface area contributed by atoms with E-state index in [1.807, 2.05) is 53.6 Å². The number of piperazine rings is 1. The molecule has 2 saturated heterocycles. The van der Waals surface area contributed by atoms with Crippen LogP contribution in [0.2, 0.25) is 0 Å². The third-order valence-corrected chi connectivity index (χ3v) is 6.76. The number of hydrogen-bond donors (Lipinski definition) is 2. The highest BCUT2D eigenvalue weighted by atomic mass is 16.2. The van der Waals surface area contributed by atoms with Gasteiger partial charge in [0.25, 0.3) is 0 Å². The monoisotopic (exact) mass is 444 g/mol. The Bertz CT molecular complexity index is 1170. The number of carbonyl (C=O) groups is 3. The number of para-hydroxylation sites is 1. The summed E-state index contributed by atoms with van der Waals surface area (Å²) in [5.74, 6) is -0.281. The zero-order valence-electron chi connectivity index (χ0n) is 18.5. The Balaban J connectivity index is 1.38. The Morgan fingerprint density at radius 1 is 1.00 bits per heavy atom. The van der Waals surface area contributed by atoms with Crippen molar-refractivity contribution in [3.63, 3.8) is 0 Å². The smallest absolute Gasteiger partial charge is 0.245 e. The van der Waals surface area contributed by atoms with Crippen molar-refractivity contribution in [3.8, 4) is 0 Å². The molecule has 0 spiro atoms. The molecule has 0 bridgehead atoms. The van der Waals surface area contributed by atoms with Gasteiger partial charge in [-0.05, 0) is 30.0 Å². The van der Waals surface area contributed by atoms with Gasteiger partial charge in [-0.3, -0.25) is 14.4 Å². The summed E-state index contributed by atoms with van der Waals surface area (Å²) in [6, 6.07) is 17.0. The highest BCUT2D eigenvalue weighted by Gasteiger charge is 2.41. The first-order chi connectivity index (χ1) is 16.1. The SMILES string of the molecule is O=C1CCC(C(=O)N2CCN(CCc3ccccc3)C(=O)[C@H]2Cc2c[nH]c3ccccc23)N1. The maximum absolute atomic E-state index is 13.6. The van der Waals surface area contributed by atoms with E-state index in [1.165, 1.54) is 5.56 Å². The lowest BCUT2D eigenvalue weighted by molar-refractivity contribution is -0.152. The summed E-state index contributed by atoms with van der Waals surface area (Å²) < 4.78 is 0. The molecule has 1 unspecified atom stereocenters. The minimum absolute atomic E-state index is 0.0277. The Hall–Kier alpha value is -3.61. The van der Waals surface area contributed by atoms with Crippen LogP contribution < -0.4 is 5.32 Å². The van der Waals surface area contributed by atoms with Crippen LogP contribution in [0.4, 0.5) is 0 Å². The minimum Gasteiger partial charge on any atom is -0.361 e. The van der Waals surface area contributed by atoms with E-state index in [4.69, 9.17) is 0 Å². The molecule has 170 valence electrons. The average molecular weight is 445 g/mol. The van der Waals surface area contributed by atoms with Crippen LogP contribution in [-0.2, 0) is 27.2 Å². The van der Waals surface area contributed by atoms with E-state index in [0.717, 1.165) is 22.9 Å². The molecule has 2 aliphatic rings. The normalized spacial score (nSPS) is 21.0. The van der Waals surface area contributed by atoms with E-state index < -0.39 is 12.1 Å². The fourth-order valence-corrected chi connectivity index (χ4v) is 4.94. The summed E-state index contributed by atoms with van der Waals surface area (Å²) in [5, 5.41) is 3.83. The highest BCUT2D eigenvalue weighted by molar-refractivity contribution is 5.95. The van der Waals surface area contributed by atoms with Crippen molar-refractivity contribution in [2.45, 2.75) is 37.8 Å². The van der Waals surface area contributed by atoms with Crippen LogP contribution in [0.1, 0.15) is 24.0 Å². The molecule has 2 aromatic carbocycles. The fourth-order valence-electron chi connectivity index (χ4n) is 4.94. The van der Waals surface area contributed by atoms with Gasteiger partial charge in [-0.2, -0.15) is 0 Å². The number of nitrogens with zero attached hydrogens (tertiary/aromatic N) is 2. The van der Waals surface area contributed by atoms with Gasteiger partial charge in [0.15, 0.2) is 0 Å². The van der Waals surface area contributed by atoms with Crippen LogP contribution in [-0.4, -0.2) is 64.2 Å². The third-order valence-electron chi connectivity index (χ3n) is 6.76. The standard InChI is InChI=1S/C26H28N4O3/c31-24-11-10-22(28-24)25(32)30-15-14-29(13-12-18-6-2-1-3-7-18)26(33)23(30)16-19-17-27-21-9-5-4-8-20(19)21/h1-9,17,22-23,27H,10-16H2,(H,28,31)/t22?,23-/m1/s1. The molecule has 5 rings (SSSR count). The molecule has 2 N–H and O–H groups in total. The van der Waals surface area contributed by atoms with Crippen molar-refractivity contribution < 1.29 is 14.4 Å². The number of amides is 3. The molecule has 7 nitrogen and oxygen atoms in total. The number of hydrogen-bond acceptors (Lipinski definition) is 3. The number of H-pyrrole nitrogens is 1. The molecule has 33 heavy (non-hydrogen) atoms. The Labute approximate surface area is 192 Å². The maximum Gasteiger partial charge on any atom is 0.245 e. The first-order valence-corrected chi connectivity index (χ1v) is 11.6. The molecule has 1 aromatic heterocycles. The lowest BCUT2D eigenvalue weighted by atomic mass is 9.99. The summed E-state index contributed by atoms with van der Waals surface area (Å²) in [5.41, 5.74) is 3.21. The van der Waals surface area contributed by atoms with Gasteiger partial charge in [-0.25, -0.2) is 0 Å². The molecule has 3 amide bonds. The van der Waals surface area contributed by atoms with E-state index in [0.29, 0.717) is 38.9 Å². The number of carbonyl (C=O) groups excluding carboxylic acids is 3. The topological polar surface area (TPSA) is 85.5 Å². The minimum atomic E-state index is -0.585. The van der Waals surface area contributed by atoms with Crippen molar-refractivity contribution in [1.29, 1.82) is 0 Å². The van der Waals surface area contributed by atoms with Crippen molar-refractivity contribution in [3.05, 3.63) is 71.9 Å². The molecule has 0 radical (unpaired) electrons. The number of benzene rings is 2. The zero-order chi connectivity index (χ0) is 22.8. The Morgan fingerprint density at radius 2 is 1.79 bits per heavy atom. The van der Waals surface area contributed by atoms with Crippen molar-refractivity contribution in [1.82, 2.24) is 20.1 Å². The zero-order valence-corrected chi connectivity index (χ0v) is 18.5. The molecule has 0 aliphatic carbocycles. The summed E-state index contributed by atoms with van der Waals surface area (Å²) in [7, 11) is 0. The molecular weight excluding hydrogens is 416 g/mol.